The maximum absolute atomic E-state index is 12.1. The minimum Gasteiger partial charge on any atom is -0.465 e. The lowest BCUT2D eigenvalue weighted by Crippen LogP contribution is -2.38. The minimum absolute atomic E-state index is 0.0379. The summed E-state index contributed by atoms with van der Waals surface area (Å²) in [6, 6.07) is 0. The molecule has 19 heavy (non-hydrogen) atoms. The second-order valence-corrected chi connectivity index (χ2v) is 4.79. The van der Waals surface area contributed by atoms with Gasteiger partial charge in [0.1, 0.15) is 6.54 Å². The molecule has 1 N–H and O–H groups in total. The predicted octanol–water partition coefficient (Wildman–Crippen LogP) is 4.67. The highest BCUT2D eigenvalue weighted by Crippen LogP contribution is 2.17. The molecule has 0 saturated carbocycles. The van der Waals surface area contributed by atoms with Gasteiger partial charge in [0.25, 0.3) is 0 Å². The second kappa shape index (κ2) is 9.92. The Labute approximate surface area is 112 Å². The fraction of sp³-hybridized carbons (Fsp3) is 0.923. The van der Waals surface area contributed by atoms with Gasteiger partial charge >= 0.3 is 12.3 Å². The van der Waals surface area contributed by atoms with Crippen molar-refractivity contribution in [1.82, 2.24) is 4.90 Å². The fourth-order valence-electron chi connectivity index (χ4n) is 1.90. The number of halogens is 3. The van der Waals surface area contributed by atoms with Crippen molar-refractivity contribution in [2.45, 2.75) is 64.5 Å². The van der Waals surface area contributed by atoms with Crippen LogP contribution in [0.5, 0.6) is 0 Å². The average molecular weight is 283 g/mol. The molecule has 114 valence electrons. The lowest BCUT2D eigenvalue weighted by atomic mass is 10.1. The minimum atomic E-state index is -4.46. The second-order valence-electron chi connectivity index (χ2n) is 4.79. The Morgan fingerprint density at radius 1 is 1.00 bits per heavy atom. The van der Waals surface area contributed by atoms with Crippen molar-refractivity contribution < 1.29 is 23.1 Å². The first kappa shape index (κ1) is 18.1. The van der Waals surface area contributed by atoms with Gasteiger partial charge in [0.05, 0.1) is 0 Å². The number of alkyl halides is 3. The van der Waals surface area contributed by atoms with Gasteiger partial charge in [-0.3, -0.25) is 4.90 Å². The molecule has 0 saturated heterocycles. The first-order valence-electron chi connectivity index (χ1n) is 6.91. The van der Waals surface area contributed by atoms with E-state index in [1.54, 1.807) is 0 Å². The van der Waals surface area contributed by atoms with Gasteiger partial charge in [-0.15, -0.1) is 0 Å². The van der Waals surface area contributed by atoms with Crippen molar-refractivity contribution >= 4 is 6.09 Å². The fourth-order valence-corrected chi connectivity index (χ4v) is 1.90. The molecule has 0 atom stereocenters. The van der Waals surface area contributed by atoms with E-state index < -0.39 is 18.8 Å². The zero-order valence-corrected chi connectivity index (χ0v) is 11.5. The number of carbonyl (C=O) groups is 1. The highest BCUT2D eigenvalue weighted by Gasteiger charge is 2.32. The molecule has 6 heteroatoms. The van der Waals surface area contributed by atoms with Crippen molar-refractivity contribution in [3.05, 3.63) is 0 Å². The Hall–Kier alpha value is -0.940. The van der Waals surface area contributed by atoms with Crippen LogP contribution < -0.4 is 0 Å². The quantitative estimate of drug-likeness (QED) is 0.592. The van der Waals surface area contributed by atoms with E-state index in [0.29, 0.717) is 11.3 Å². The molecule has 0 rings (SSSR count). The zero-order valence-electron chi connectivity index (χ0n) is 11.5. The van der Waals surface area contributed by atoms with Crippen LogP contribution in [0.15, 0.2) is 0 Å². The molecular weight excluding hydrogens is 259 g/mol. The van der Waals surface area contributed by atoms with Crippen molar-refractivity contribution in [1.29, 1.82) is 0 Å². The molecular formula is C13H24F3NO2. The molecule has 0 aliphatic carbocycles. The van der Waals surface area contributed by atoms with Crippen LogP contribution in [0.2, 0.25) is 0 Å². The molecule has 0 bridgehead atoms. The lowest BCUT2D eigenvalue weighted by molar-refractivity contribution is -0.142. The third kappa shape index (κ3) is 11.9. The van der Waals surface area contributed by atoms with Crippen molar-refractivity contribution in [2.75, 3.05) is 13.1 Å². The molecule has 0 aromatic heterocycles. The van der Waals surface area contributed by atoms with E-state index in [2.05, 4.69) is 6.92 Å². The Morgan fingerprint density at radius 3 is 1.89 bits per heavy atom. The topological polar surface area (TPSA) is 40.5 Å². The summed E-state index contributed by atoms with van der Waals surface area (Å²) >= 11 is 0. The molecule has 1 amide bonds. The summed E-state index contributed by atoms with van der Waals surface area (Å²) < 4.78 is 36.3. The summed E-state index contributed by atoms with van der Waals surface area (Å²) in [5, 5.41) is 8.66. The Morgan fingerprint density at radius 2 is 1.47 bits per heavy atom. The zero-order chi connectivity index (χ0) is 14.7. The SMILES string of the molecule is CCCCCCCCCCN(CC(F)(F)F)C(=O)O. The van der Waals surface area contributed by atoms with Crippen LogP contribution >= 0.6 is 0 Å². The van der Waals surface area contributed by atoms with Crippen LogP contribution in [-0.4, -0.2) is 35.4 Å². The molecule has 0 radical (unpaired) electrons. The maximum Gasteiger partial charge on any atom is 0.407 e. The first-order chi connectivity index (χ1) is 8.87. The normalized spacial score (nSPS) is 11.6. The van der Waals surface area contributed by atoms with Crippen LogP contribution in [0, 0.1) is 0 Å². The van der Waals surface area contributed by atoms with E-state index in [-0.39, 0.29) is 6.54 Å². The summed E-state index contributed by atoms with van der Waals surface area (Å²) in [6.45, 7) is 0.726. The summed E-state index contributed by atoms with van der Waals surface area (Å²) in [6.07, 6.45) is 2.12. The van der Waals surface area contributed by atoms with E-state index in [1.165, 1.54) is 19.3 Å². The van der Waals surface area contributed by atoms with Crippen molar-refractivity contribution in [3.8, 4) is 0 Å². The van der Waals surface area contributed by atoms with Crippen LogP contribution in [0.3, 0.4) is 0 Å². The Bertz CT molecular complexity index is 245. The highest BCUT2D eigenvalue weighted by molar-refractivity contribution is 5.64. The molecule has 0 aliphatic rings. The maximum atomic E-state index is 12.1. The molecule has 0 spiro atoms. The number of unbranched alkanes of at least 4 members (excludes halogenated alkanes) is 7. The summed E-state index contributed by atoms with van der Waals surface area (Å²) in [4.78, 5) is 11.1. The first-order valence-corrected chi connectivity index (χ1v) is 6.91. The van der Waals surface area contributed by atoms with E-state index in [9.17, 15) is 18.0 Å². The number of amides is 1. The van der Waals surface area contributed by atoms with E-state index >= 15 is 0 Å². The smallest absolute Gasteiger partial charge is 0.407 e. The van der Waals surface area contributed by atoms with Crippen molar-refractivity contribution in [3.63, 3.8) is 0 Å². The number of nitrogens with zero attached hydrogens (tertiary/aromatic N) is 1. The van der Waals surface area contributed by atoms with E-state index in [1.807, 2.05) is 0 Å². The molecule has 0 aliphatic heterocycles. The van der Waals surface area contributed by atoms with Crippen LogP contribution in [0.25, 0.3) is 0 Å². The Kier molecular flexibility index (Phi) is 9.43. The van der Waals surface area contributed by atoms with Gasteiger partial charge in [-0.2, -0.15) is 13.2 Å². The van der Waals surface area contributed by atoms with Crippen LogP contribution in [0.1, 0.15) is 58.3 Å². The largest absolute Gasteiger partial charge is 0.465 e. The number of hydrogen-bond acceptors (Lipinski definition) is 1. The van der Waals surface area contributed by atoms with Crippen LogP contribution in [-0.2, 0) is 0 Å². The molecule has 0 unspecified atom stereocenters. The third-order valence-electron chi connectivity index (χ3n) is 2.92. The van der Waals surface area contributed by atoms with Crippen molar-refractivity contribution in [2.24, 2.45) is 0 Å². The van der Waals surface area contributed by atoms with Gasteiger partial charge in [-0.05, 0) is 6.42 Å². The lowest BCUT2D eigenvalue weighted by Gasteiger charge is -2.20. The number of carboxylic acid groups (broad SMARTS) is 1. The molecule has 0 heterocycles. The Balaban J connectivity index is 3.63. The van der Waals surface area contributed by atoms with Gasteiger partial charge in [-0.25, -0.2) is 4.79 Å². The van der Waals surface area contributed by atoms with Gasteiger partial charge in [-0.1, -0.05) is 51.9 Å². The molecule has 0 aromatic carbocycles. The summed E-state index contributed by atoms with van der Waals surface area (Å²) in [5.41, 5.74) is 0. The number of hydrogen-bond donors (Lipinski definition) is 1. The standard InChI is InChI=1S/C13H24F3NO2/c1-2-3-4-5-6-7-8-9-10-17(12(18)19)11-13(14,15)16/h2-11H2,1H3,(H,18,19). The van der Waals surface area contributed by atoms with Gasteiger partial charge < -0.3 is 5.11 Å². The third-order valence-corrected chi connectivity index (χ3v) is 2.92. The average Bonchev–Trinajstić information content (AvgIpc) is 2.29. The molecule has 0 aromatic rings. The van der Waals surface area contributed by atoms with E-state index in [0.717, 1.165) is 25.7 Å². The van der Waals surface area contributed by atoms with E-state index in [4.69, 9.17) is 5.11 Å². The molecule has 0 fully saturated rings. The predicted molar refractivity (Wildman–Crippen MR) is 68.3 cm³/mol. The molecule has 3 nitrogen and oxygen atoms in total. The summed E-state index contributed by atoms with van der Waals surface area (Å²) in [5.74, 6) is 0. The number of rotatable bonds is 10. The van der Waals surface area contributed by atoms with Crippen LogP contribution in [0.4, 0.5) is 18.0 Å². The monoisotopic (exact) mass is 283 g/mol. The van der Waals surface area contributed by atoms with Gasteiger partial charge in [0, 0.05) is 6.54 Å². The van der Waals surface area contributed by atoms with Gasteiger partial charge in [0.2, 0.25) is 0 Å². The highest BCUT2D eigenvalue weighted by atomic mass is 19.4. The van der Waals surface area contributed by atoms with Gasteiger partial charge in [0.15, 0.2) is 0 Å². The summed E-state index contributed by atoms with van der Waals surface area (Å²) in [7, 11) is 0.